The first-order chi connectivity index (χ1) is 6.74. The number of halogens is 1. The molecule has 0 spiro atoms. The Balaban J connectivity index is 2.42. The zero-order chi connectivity index (χ0) is 10.1. The molecule has 0 unspecified atom stereocenters. The zero-order valence-corrected chi connectivity index (χ0v) is 8.08. The van der Waals surface area contributed by atoms with E-state index in [1.807, 2.05) is 18.2 Å². The van der Waals surface area contributed by atoms with Gasteiger partial charge in [-0.05, 0) is 11.6 Å². The van der Waals surface area contributed by atoms with Crippen molar-refractivity contribution in [2.45, 2.75) is 6.54 Å². The number of hydrogen-bond donors (Lipinski definition) is 0. The maximum absolute atomic E-state index is 11.7. The van der Waals surface area contributed by atoms with Crippen molar-refractivity contribution < 1.29 is 4.79 Å². The molecule has 0 saturated heterocycles. The summed E-state index contributed by atoms with van der Waals surface area (Å²) in [5.74, 6) is -0.146. The van der Waals surface area contributed by atoms with Crippen molar-refractivity contribution in [2.24, 2.45) is 0 Å². The van der Waals surface area contributed by atoms with Crippen LogP contribution in [0.25, 0.3) is 0 Å². The van der Waals surface area contributed by atoms with Crippen LogP contribution < -0.4 is 0 Å². The van der Waals surface area contributed by atoms with Gasteiger partial charge in [0.2, 0.25) is 0 Å². The minimum Gasteiger partial charge on any atom is -0.321 e. The zero-order valence-electron chi connectivity index (χ0n) is 7.33. The van der Waals surface area contributed by atoms with E-state index in [0.29, 0.717) is 17.1 Å². The highest BCUT2D eigenvalue weighted by Gasteiger charge is 2.28. The molecule has 14 heavy (non-hydrogen) atoms. The molecule has 0 saturated carbocycles. The molecule has 1 aromatic carbocycles. The van der Waals surface area contributed by atoms with Crippen LogP contribution in [0.4, 0.5) is 0 Å². The highest BCUT2D eigenvalue weighted by Crippen LogP contribution is 2.28. The topological polar surface area (TPSA) is 44.1 Å². The van der Waals surface area contributed by atoms with Crippen molar-refractivity contribution in [3.63, 3.8) is 0 Å². The van der Waals surface area contributed by atoms with Crippen LogP contribution in [-0.2, 0) is 6.54 Å². The third kappa shape index (κ3) is 1.24. The lowest BCUT2D eigenvalue weighted by Gasteiger charge is -2.09. The van der Waals surface area contributed by atoms with Gasteiger partial charge in [-0.1, -0.05) is 23.7 Å². The molecule has 0 fully saturated rings. The van der Waals surface area contributed by atoms with E-state index in [4.69, 9.17) is 16.9 Å². The van der Waals surface area contributed by atoms with E-state index in [2.05, 4.69) is 0 Å². The van der Waals surface area contributed by atoms with E-state index >= 15 is 0 Å². The second kappa shape index (κ2) is 3.32. The number of hydrogen-bond acceptors (Lipinski definition) is 2. The van der Waals surface area contributed by atoms with Gasteiger partial charge in [0.25, 0.3) is 5.91 Å². The van der Waals surface area contributed by atoms with Crippen LogP contribution in [0.1, 0.15) is 15.9 Å². The molecule has 0 aliphatic carbocycles. The molecular formula is C10H7ClN2O. The Labute approximate surface area is 86.5 Å². The molecule has 0 atom stereocenters. The summed E-state index contributed by atoms with van der Waals surface area (Å²) in [6.45, 7) is 0.603. The second-order valence-corrected chi connectivity index (χ2v) is 3.50. The van der Waals surface area contributed by atoms with E-state index in [1.165, 1.54) is 4.90 Å². The van der Waals surface area contributed by atoms with Crippen LogP contribution in [0.3, 0.4) is 0 Å². The fraction of sp³-hybridized carbons (Fsp3) is 0.200. The normalized spacial score (nSPS) is 14.0. The Bertz CT molecular complexity index is 436. The highest BCUT2D eigenvalue weighted by molar-refractivity contribution is 6.34. The third-order valence-corrected chi connectivity index (χ3v) is 2.54. The molecule has 70 valence electrons. The van der Waals surface area contributed by atoms with Gasteiger partial charge >= 0.3 is 0 Å². The van der Waals surface area contributed by atoms with Gasteiger partial charge < -0.3 is 4.90 Å². The lowest BCUT2D eigenvalue weighted by atomic mass is 10.1. The number of nitrogens with zero attached hydrogens (tertiary/aromatic N) is 2. The van der Waals surface area contributed by atoms with E-state index in [0.717, 1.165) is 5.56 Å². The van der Waals surface area contributed by atoms with Crippen LogP contribution >= 0.6 is 11.6 Å². The van der Waals surface area contributed by atoms with Crippen molar-refractivity contribution >= 4 is 17.5 Å². The summed E-state index contributed by atoms with van der Waals surface area (Å²) in [4.78, 5) is 13.2. The highest BCUT2D eigenvalue weighted by atomic mass is 35.5. The molecule has 1 aromatic rings. The first-order valence-electron chi connectivity index (χ1n) is 4.17. The molecule has 1 aliphatic heterocycles. The molecule has 0 radical (unpaired) electrons. The van der Waals surface area contributed by atoms with Gasteiger partial charge in [-0.2, -0.15) is 5.26 Å². The first-order valence-corrected chi connectivity index (χ1v) is 4.55. The van der Waals surface area contributed by atoms with Gasteiger partial charge in [-0.15, -0.1) is 0 Å². The minimum absolute atomic E-state index is 0.115. The summed E-state index contributed by atoms with van der Waals surface area (Å²) in [6.07, 6.45) is 0. The summed E-state index contributed by atoms with van der Waals surface area (Å²) in [6, 6.07) is 7.31. The molecule has 2 rings (SSSR count). The molecule has 4 heteroatoms. The van der Waals surface area contributed by atoms with Crippen molar-refractivity contribution in [2.75, 3.05) is 6.54 Å². The smallest absolute Gasteiger partial charge is 0.256 e. The van der Waals surface area contributed by atoms with Crippen molar-refractivity contribution in [1.82, 2.24) is 4.90 Å². The summed E-state index contributed by atoms with van der Waals surface area (Å²) in [7, 11) is 0. The predicted molar refractivity (Wildman–Crippen MR) is 51.8 cm³/mol. The van der Waals surface area contributed by atoms with Crippen molar-refractivity contribution in [1.29, 1.82) is 5.26 Å². The fourth-order valence-corrected chi connectivity index (χ4v) is 1.86. The van der Waals surface area contributed by atoms with Crippen LogP contribution in [0.15, 0.2) is 18.2 Å². The van der Waals surface area contributed by atoms with Crippen molar-refractivity contribution in [3.8, 4) is 6.07 Å². The summed E-state index contributed by atoms with van der Waals surface area (Å²) < 4.78 is 0. The Morgan fingerprint density at radius 2 is 2.36 bits per heavy atom. The average Bonchev–Trinajstić information content (AvgIpc) is 2.46. The van der Waals surface area contributed by atoms with Gasteiger partial charge in [-0.25, -0.2) is 0 Å². The molecule has 1 heterocycles. The number of carbonyl (C=O) groups is 1. The second-order valence-electron chi connectivity index (χ2n) is 3.09. The fourth-order valence-electron chi connectivity index (χ4n) is 1.59. The number of fused-ring (bicyclic) bond motifs is 1. The van der Waals surface area contributed by atoms with E-state index in [-0.39, 0.29) is 12.5 Å². The van der Waals surface area contributed by atoms with E-state index in [1.54, 1.807) is 6.07 Å². The lowest BCUT2D eigenvalue weighted by molar-refractivity contribution is 0.0798. The van der Waals surface area contributed by atoms with E-state index in [9.17, 15) is 4.79 Å². The average molecular weight is 207 g/mol. The summed E-state index contributed by atoms with van der Waals surface area (Å²) >= 11 is 5.90. The number of carbonyl (C=O) groups excluding carboxylic acids is 1. The Hall–Kier alpha value is -1.53. The van der Waals surface area contributed by atoms with Gasteiger partial charge in [0.1, 0.15) is 6.54 Å². The predicted octanol–water partition coefficient (Wildman–Crippen LogP) is 1.82. The van der Waals surface area contributed by atoms with Gasteiger partial charge in [0, 0.05) is 6.54 Å². The van der Waals surface area contributed by atoms with Crippen molar-refractivity contribution in [3.05, 3.63) is 34.3 Å². The minimum atomic E-state index is -0.146. The van der Waals surface area contributed by atoms with Crippen LogP contribution in [-0.4, -0.2) is 17.4 Å². The standard InChI is InChI=1S/C10H7ClN2O/c11-8-3-1-2-7-6-13(5-4-12)10(14)9(7)8/h1-3H,5-6H2. The van der Waals surface area contributed by atoms with Crippen LogP contribution in [0.5, 0.6) is 0 Å². The maximum Gasteiger partial charge on any atom is 0.256 e. The molecule has 3 nitrogen and oxygen atoms in total. The molecule has 1 amide bonds. The summed E-state index contributed by atoms with van der Waals surface area (Å²) in [5.41, 5.74) is 1.45. The van der Waals surface area contributed by atoms with Crippen LogP contribution in [0.2, 0.25) is 5.02 Å². The van der Waals surface area contributed by atoms with Gasteiger partial charge in [-0.3, -0.25) is 4.79 Å². The van der Waals surface area contributed by atoms with Gasteiger partial charge in [0.15, 0.2) is 0 Å². The summed E-state index contributed by atoms with van der Waals surface area (Å²) in [5, 5.41) is 8.98. The Morgan fingerprint density at radius 3 is 3.00 bits per heavy atom. The number of nitriles is 1. The van der Waals surface area contributed by atoms with Crippen LogP contribution in [0, 0.1) is 11.3 Å². The molecule has 0 aromatic heterocycles. The Morgan fingerprint density at radius 1 is 1.57 bits per heavy atom. The molecular weight excluding hydrogens is 200 g/mol. The number of rotatable bonds is 1. The number of benzene rings is 1. The number of amides is 1. The molecule has 0 bridgehead atoms. The largest absolute Gasteiger partial charge is 0.321 e. The Kier molecular flexibility index (Phi) is 2.14. The van der Waals surface area contributed by atoms with E-state index < -0.39 is 0 Å². The molecule has 0 N–H and O–H groups in total. The third-order valence-electron chi connectivity index (χ3n) is 2.22. The lowest BCUT2D eigenvalue weighted by Crippen LogP contribution is -2.24. The molecule has 1 aliphatic rings. The quantitative estimate of drug-likeness (QED) is 0.658. The monoisotopic (exact) mass is 206 g/mol. The maximum atomic E-state index is 11.7. The first kappa shape index (κ1) is 9.04. The SMILES string of the molecule is N#CCN1Cc2cccc(Cl)c2C1=O. The van der Waals surface area contributed by atoms with Gasteiger partial charge in [0.05, 0.1) is 16.7 Å².